The highest BCUT2D eigenvalue weighted by Crippen LogP contribution is 2.30. The van der Waals surface area contributed by atoms with Crippen molar-refractivity contribution in [1.29, 1.82) is 0 Å². The van der Waals surface area contributed by atoms with Crippen molar-refractivity contribution in [3.8, 4) is 0 Å². The quantitative estimate of drug-likeness (QED) is 0.813. The summed E-state index contributed by atoms with van der Waals surface area (Å²) < 4.78 is 0. The van der Waals surface area contributed by atoms with Crippen LogP contribution in [0.4, 0.5) is 0 Å². The predicted molar refractivity (Wildman–Crippen MR) is 67.0 cm³/mol. The van der Waals surface area contributed by atoms with Crippen LogP contribution >= 0.6 is 11.8 Å². The molecule has 1 N–H and O–H groups in total. The molecule has 2 heterocycles. The minimum Gasteiger partial charge on any atom is -0.480 e. The van der Waals surface area contributed by atoms with Crippen LogP contribution in [0.1, 0.15) is 26.2 Å². The lowest BCUT2D eigenvalue weighted by Gasteiger charge is -2.38. The van der Waals surface area contributed by atoms with Gasteiger partial charge in [-0.25, -0.2) is 4.79 Å². The molecule has 4 nitrogen and oxygen atoms in total. The number of hydrogen-bond acceptors (Lipinski definition) is 3. The van der Waals surface area contributed by atoms with E-state index in [1.807, 2.05) is 6.92 Å². The first-order valence-corrected chi connectivity index (χ1v) is 7.37. The van der Waals surface area contributed by atoms with Crippen molar-refractivity contribution in [1.82, 2.24) is 4.90 Å². The van der Waals surface area contributed by atoms with E-state index >= 15 is 0 Å². The second-order valence-electron chi connectivity index (χ2n) is 4.99. The fourth-order valence-electron chi connectivity index (χ4n) is 2.78. The average molecular weight is 257 g/mol. The number of aliphatic carboxylic acids is 1. The molecule has 0 aromatic heterocycles. The first kappa shape index (κ1) is 12.7. The number of nitrogens with zero attached hydrogens (tertiary/aromatic N) is 1. The summed E-state index contributed by atoms with van der Waals surface area (Å²) in [4.78, 5) is 25.2. The van der Waals surface area contributed by atoms with Crippen LogP contribution in [0, 0.1) is 11.8 Å². The van der Waals surface area contributed by atoms with E-state index in [0.717, 1.165) is 30.8 Å². The number of piperidine rings is 1. The highest BCUT2D eigenvalue weighted by Gasteiger charge is 2.39. The number of hydrogen-bond donors (Lipinski definition) is 1. The molecule has 0 radical (unpaired) electrons. The molecule has 2 aliphatic rings. The summed E-state index contributed by atoms with van der Waals surface area (Å²) >= 11 is 1.79. The van der Waals surface area contributed by atoms with E-state index in [1.54, 1.807) is 16.7 Å². The summed E-state index contributed by atoms with van der Waals surface area (Å²) in [6.45, 7) is 2.54. The van der Waals surface area contributed by atoms with E-state index in [0.29, 0.717) is 6.54 Å². The Bertz CT molecular complexity index is 315. The molecule has 0 aromatic rings. The minimum absolute atomic E-state index is 0.0483. The van der Waals surface area contributed by atoms with Crippen LogP contribution in [0.5, 0.6) is 0 Å². The zero-order valence-corrected chi connectivity index (χ0v) is 10.9. The molecule has 0 bridgehead atoms. The highest BCUT2D eigenvalue weighted by molar-refractivity contribution is 7.99. The second kappa shape index (κ2) is 5.29. The van der Waals surface area contributed by atoms with E-state index in [1.165, 1.54) is 0 Å². The van der Waals surface area contributed by atoms with Gasteiger partial charge < -0.3 is 10.0 Å². The first-order valence-electron chi connectivity index (χ1n) is 6.22. The van der Waals surface area contributed by atoms with E-state index in [2.05, 4.69) is 0 Å². The fraction of sp³-hybridized carbons (Fsp3) is 0.833. The molecular weight excluding hydrogens is 238 g/mol. The molecule has 1 amide bonds. The third-order valence-electron chi connectivity index (χ3n) is 3.75. The third-order valence-corrected chi connectivity index (χ3v) is 4.91. The van der Waals surface area contributed by atoms with Gasteiger partial charge in [0, 0.05) is 18.2 Å². The van der Waals surface area contributed by atoms with Gasteiger partial charge in [0.25, 0.3) is 0 Å². The molecule has 2 saturated heterocycles. The van der Waals surface area contributed by atoms with Gasteiger partial charge in [0.1, 0.15) is 6.04 Å². The number of carbonyl (C=O) groups is 2. The summed E-state index contributed by atoms with van der Waals surface area (Å²) in [6, 6.07) is -0.609. The standard InChI is InChI=1S/C12H19NO3S/c1-8-3-2-5-13(10(8)12(15)16)11(14)9-4-6-17-7-9/h8-10H,2-7H2,1H3,(H,15,16). The van der Waals surface area contributed by atoms with Crippen LogP contribution in [0.2, 0.25) is 0 Å². The molecule has 3 unspecified atom stereocenters. The van der Waals surface area contributed by atoms with Gasteiger partial charge in [-0.1, -0.05) is 6.92 Å². The van der Waals surface area contributed by atoms with Crippen LogP contribution in [0.15, 0.2) is 0 Å². The smallest absolute Gasteiger partial charge is 0.326 e. The van der Waals surface area contributed by atoms with Crippen LogP contribution in [0.3, 0.4) is 0 Å². The maximum Gasteiger partial charge on any atom is 0.326 e. The van der Waals surface area contributed by atoms with Gasteiger partial charge in [0.15, 0.2) is 0 Å². The Hall–Kier alpha value is -0.710. The van der Waals surface area contributed by atoms with Gasteiger partial charge in [-0.15, -0.1) is 0 Å². The maximum absolute atomic E-state index is 12.3. The zero-order valence-electron chi connectivity index (χ0n) is 10.1. The molecule has 2 rings (SSSR count). The van der Waals surface area contributed by atoms with Crippen LogP contribution in [0.25, 0.3) is 0 Å². The topological polar surface area (TPSA) is 57.6 Å². The van der Waals surface area contributed by atoms with E-state index in [9.17, 15) is 14.7 Å². The second-order valence-corrected chi connectivity index (χ2v) is 6.14. The summed E-state index contributed by atoms with van der Waals surface area (Å²) in [6.07, 6.45) is 2.73. The van der Waals surface area contributed by atoms with Crippen molar-refractivity contribution in [2.75, 3.05) is 18.1 Å². The Morgan fingerprint density at radius 3 is 2.71 bits per heavy atom. The number of amides is 1. The van der Waals surface area contributed by atoms with Gasteiger partial charge in [-0.05, 0) is 30.9 Å². The molecule has 0 aliphatic carbocycles. The molecule has 0 spiro atoms. The number of carbonyl (C=O) groups excluding carboxylic acids is 1. The maximum atomic E-state index is 12.3. The molecule has 2 fully saturated rings. The van der Waals surface area contributed by atoms with Gasteiger partial charge in [0.05, 0.1) is 0 Å². The van der Waals surface area contributed by atoms with Crippen LogP contribution in [-0.4, -0.2) is 46.0 Å². The first-order chi connectivity index (χ1) is 8.11. The molecular formula is C12H19NO3S. The van der Waals surface area contributed by atoms with Crippen molar-refractivity contribution >= 4 is 23.6 Å². The average Bonchev–Trinajstić information content (AvgIpc) is 2.80. The summed E-state index contributed by atoms with van der Waals surface area (Å²) in [5.74, 6) is 1.21. The lowest BCUT2D eigenvalue weighted by Crippen LogP contribution is -2.53. The number of carboxylic acid groups (broad SMARTS) is 1. The summed E-state index contributed by atoms with van der Waals surface area (Å²) in [7, 11) is 0. The molecule has 0 saturated carbocycles. The Morgan fingerprint density at radius 2 is 2.12 bits per heavy atom. The largest absolute Gasteiger partial charge is 0.480 e. The third kappa shape index (κ3) is 2.59. The van der Waals surface area contributed by atoms with E-state index in [-0.39, 0.29) is 17.7 Å². The molecule has 3 atom stereocenters. The number of likely N-dealkylation sites (tertiary alicyclic amines) is 1. The number of thioether (sulfide) groups is 1. The summed E-state index contributed by atoms with van der Waals surface area (Å²) in [5.41, 5.74) is 0. The Labute approximate surface area is 106 Å². The van der Waals surface area contributed by atoms with Crippen LogP contribution < -0.4 is 0 Å². The monoisotopic (exact) mass is 257 g/mol. The molecule has 2 aliphatic heterocycles. The van der Waals surface area contributed by atoms with Crippen molar-refractivity contribution in [2.45, 2.75) is 32.2 Å². The van der Waals surface area contributed by atoms with Gasteiger partial charge in [0.2, 0.25) is 5.91 Å². The fourth-order valence-corrected chi connectivity index (χ4v) is 3.99. The van der Waals surface area contributed by atoms with Crippen molar-refractivity contribution in [2.24, 2.45) is 11.8 Å². The predicted octanol–water partition coefficient (Wildman–Crippen LogP) is 1.45. The van der Waals surface area contributed by atoms with Crippen molar-refractivity contribution in [3.63, 3.8) is 0 Å². The molecule has 0 aromatic carbocycles. The highest BCUT2D eigenvalue weighted by atomic mass is 32.2. The van der Waals surface area contributed by atoms with Crippen LogP contribution in [-0.2, 0) is 9.59 Å². The Balaban J connectivity index is 2.10. The van der Waals surface area contributed by atoms with Gasteiger partial charge in [-0.3, -0.25) is 4.79 Å². The van der Waals surface area contributed by atoms with Crippen molar-refractivity contribution in [3.05, 3.63) is 0 Å². The molecule has 5 heteroatoms. The van der Waals surface area contributed by atoms with E-state index < -0.39 is 12.0 Å². The van der Waals surface area contributed by atoms with E-state index in [4.69, 9.17) is 0 Å². The number of carboxylic acids is 1. The van der Waals surface area contributed by atoms with Gasteiger partial charge in [-0.2, -0.15) is 11.8 Å². The lowest BCUT2D eigenvalue weighted by molar-refractivity contribution is -0.156. The van der Waals surface area contributed by atoms with Crippen molar-refractivity contribution < 1.29 is 14.7 Å². The minimum atomic E-state index is -0.851. The normalized spacial score (nSPS) is 33.7. The summed E-state index contributed by atoms with van der Waals surface area (Å²) in [5, 5.41) is 9.27. The molecule has 17 heavy (non-hydrogen) atoms. The SMILES string of the molecule is CC1CCCN(C(=O)C2CCSC2)C1C(=O)O. The lowest BCUT2D eigenvalue weighted by atomic mass is 9.89. The van der Waals surface area contributed by atoms with Gasteiger partial charge >= 0.3 is 5.97 Å². The number of rotatable bonds is 2. The Kier molecular flexibility index (Phi) is 3.97. The molecule has 96 valence electrons. The zero-order chi connectivity index (χ0) is 12.4. The Morgan fingerprint density at radius 1 is 1.35 bits per heavy atom.